The topological polar surface area (TPSA) is 42.0 Å². The number of carbonyl (C=O) groups excluding carboxylic acids is 1. The van der Waals surface area contributed by atoms with E-state index in [9.17, 15) is 4.79 Å². The number of rotatable bonds is 18. The molecule has 0 aliphatic heterocycles. The molecule has 2 aromatic rings. The Balaban J connectivity index is 1.55. The molecule has 0 fully saturated rings. The van der Waals surface area contributed by atoms with Crippen LogP contribution in [0.25, 0.3) is 11.1 Å². The number of ketones is 1. The van der Waals surface area contributed by atoms with E-state index < -0.39 is 0 Å². The Bertz CT molecular complexity index is 963. The lowest BCUT2D eigenvalue weighted by atomic mass is 9.84. The molecule has 0 N–H and O–H groups in total. The summed E-state index contributed by atoms with van der Waals surface area (Å²) >= 11 is 0. The molecule has 0 bridgehead atoms. The second-order valence-electron chi connectivity index (χ2n) is 10.2. The standard InChI is InChI=1S/C32H48N2O3/c1-5-15-33(16-6-2)19-9-21-36-27-11-13-29-26(23-27)24-32(35)31-25-28(12-14-30(29)31)37-22-10-20-34(17-7-3)18-8-4/h11-14,23,25H,5-10,15-22,24H2,1-4H3. The van der Waals surface area contributed by atoms with Crippen LogP contribution in [0.2, 0.25) is 0 Å². The summed E-state index contributed by atoms with van der Waals surface area (Å²) in [5.74, 6) is 1.79. The molecule has 0 saturated carbocycles. The number of ether oxygens (including phenoxy) is 2. The van der Waals surface area contributed by atoms with E-state index in [0.29, 0.717) is 19.6 Å². The summed E-state index contributed by atoms with van der Waals surface area (Å²) in [6.45, 7) is 17.0. The van der Waals surface area contributed by atoms with Crippen molar-refractivity contribution in [1.29, 1.82) is 0 Å². The second-order valence-corrected chi connectivity index (χ2v) is 10.2. The van der Waals surface area contributed by atoms with Gasteiger partial charge in [-0.1, -0.05) is 33.8 Å². The average molecular weight is 509 g/mol. The summed E-state index contributed by atoms with van der Waals surface area (Å²) in [6, 6.07) is 12.2. The van der Waals surface area contributed by atoms with Gasteiger partial charge in [0.15, 0.2) is 5.78 Å². The molecule has 204 valence electrons. The molecule has 0 amide bonds. The van der Waals surface area contributed by atoms with E-state index in [1.165, 1.54) is 25.7 Å². The Morgan fingerprint density at radius 2 is 1.11 bits per heavy atom. The average Bonchev–Trinajstić information content (AvgIpc) is 2.89. The molecule has 0 saturated heterocycles. The highest BCUT2D eigenvalue weighted by Crippen LogP contribution is 2.37. The van der Waals surface area contributed by atoms with Crippen molar-refractivity contribution in [3.05, 3.63) is 47.5 Å². The summed E-state index contributed by atoms with van der Waals surface area (Å²) in [5.41, 5.74) is 3.94. The van der Waals surface area contributed by atoms with E-state index in [4.69, 9.17) is 9.47 Å². The van der Waals surface area contributed by atoms with Crippen molar-refractivity contribution in [2.75, 3.05) is 52.5 Å². The number of hydrogen-bond donors (Lipinski definition) is 0. The highest BCUT2D eigenvalue weighted by Gasteiger charge is 2.23. The van der Waals surface area contributed by atoms with Crippen molar-refractivity contribution in [1.82, 2.24) is 9.80 Å². The van der Waals surface area contributed by atoms with Gasteiger partial charge in [-0.2, -0.15) is 0 Å². The van der Waals surface area contributed by atoms with Gasteiger partial charge >= 0.3 is 0 Å². The summed E-state index contributed by atoms with van der Waals surface area (Å²) in [7, 11) is 0. The van der Waals surface area contributed by atoms with Crippen molar-refractivity contribution in [2.45, 2.75) is 72.6 Å². The normalized spacial score (nSPS) is 12.6. The van der Waals surface area contributed by atoms with Crippen LogP contribution in [-0.4, -0.2) is 68.1 Å². The Kier molecular flexibility index (Phi) is 12.5. The van der Waals surface area contributed by atoms with Gasteiger partial charge in [0.1, 0.15) is 11.5 Å². The molecule has 2 aromatic carbocycles. The SMILES string of the molecule is CCCN(CCC)CCCOc1ccc2c(c1)CC(=O)c1cc(OCCCN(CCC)CCC)ccc1-2. The second kappa shape index (κ2) is 15.8. The molecule has 0 unspecified atom stereocenters. The maximum Gasteiger partial charge on any atom is 0.168 e. The van der Waals surface area contributed by atoms with Crippen LogP contribution in [0.1, 0.15) is 82.1 Å². The van der Waals surface area contributed by atoms with Crippen LogP contribution in [-0.2, 0) is 6.42 Å². The van der Waals surface area contributed by atoms with Crippen LogP contribution < -0.4 is 9.47 Å². The van der Waals surface area contributed by atoms with Gasteiger partial charge in [0.05, 0.1) is 13.2 Å². The van der Waals surface area contributed by atoms with Crippen molar-refractivity contribution in [3.63, 3.8) is 0 Å². The first-order valence-corrected chi connectivity index (χ1v) is 14.6. The zero-order chi connectivity index (χ0) is 26.5. The minimum atomic E-state index is 0.150. The third-order valence-corrected chi connectivity index (χ3v) is 6.94. The Morgan fingerprint density at radius 3 is 1.62 bits per heavy atom. The van der Waals surface area contributed by atoms with Crippen LogP contribution in [0.4, 0.5) is 0 Å². The molecule has 5 heteroatoms. The first-order valence-electron chi connectivity index (χ1n) is 14.6. The van der Waals surface area contributed by atoms with Gasteiger partial charge in [0, 0.05) is 25.1 Å². The van der Waals surface area contributed by atoms with Crippen molar-refractivity contribution >= 4 is 5.78 Å². The van der Waals surface area contributed by atoms with Gasteiger partial charge < -0.3 is 19.3 Å². The predicted molar refractivity (Wildman–Crippen MR) is 154 cm³/mol. The first kappa shape index (κ1) is 29.2. The molecule has 0 radical (unpaired) electrons. The fraction of sp³-hybridized carbons (Fsp3) is 0.594. The first-order chi connectivity index (χ1) is 18.1. The van der Waals surface area contributed by atoms with Gasteiger partial charge in [0.25, 0.3) is 0 Å². The molecule has 3 rings (SSSR count). The molecule has 1 aliphatic carbocycles. The lowest BCUT2D eigenvalue weighted by Crippen LogP contribution is -2.27. The third-order valence-electron chi connectivity index (χ3n) is 6.94. The zero-order valence-corrected chi connectivity index (χ0v) is 23.7. The molecule has 0 heterocycles. The predicted octanol–water partition coefficient (Wildman–Crippen LogP) is 6.87. The van der Waals surface area contributed by atoms with E-state index in [1.54, 1.807) is 0 Å². The molecule has 1 aliphatic rings. The smallest absolute Gasteiger partial charge is 0.168 e. The minimum Gasteiger partial charge on any atom is -0.494 e. The number of nitrogens with zero attached hydrogens (tertiary/aromatic N) is 2. The maximum atomic E-state index is 13.0. The molecule has 5 nitrogen and oxygen atoms in total. The van der Waals surface area contributed by atoms with Crippen molar-refractivity contribution < 1.29 is 14.3 Å². The summed E-state index contributed by atoms with van der Waals surface area (Å²) in [4.78, 5) is 18.0. The van der Waals surface area contributed by atoms with Crippen LogP contribution >= 0.6 is 0 Å². The van der Waals surface area contributed by atoms with Crippen molar-refractivity contribution in [2.24, 2.45) is 0 Å². The summed E-state index contributed by atoms with van der Waals surface area (Å²) in [5, 5.41) is 0. The van der Waals surface area contributed by atoms with Gasteiger partial charge in [-0.25, -0.2) is 0 Å². The monoisotopic (exact) mass is 508 g/mol. The number of carbonyl (C=O) groups is 1. The van der Waals surface area contributed by atoms with Crippen LogP contribution in [0.15, 0.2) is 36.4 Å². The molecule has 37 heavy (non-hydrogen) atoms. The lowest BCUT2D eigenvalue weighted by Gasteiger charge is -2.22. The van der Waals surface area contributed by atoms with Crippen LogP contribution in [0.3, 0.4) is 0 Å². The number of benzene rings is 2. The van der Waals surface area contributed by atoms with E-state index in [-0.39, 0.29) is 5.78 Å². The largest absolute Gasteiger partial charge is 0.494 e. The third kappa shape index (κ3) is 8.86. The van der Waals surface area contributed by atoms with E-state index >= 15 is 0 Å². The molecule has 0 atom stereocenters. The highest BCUT2D eigenvalue weighted by atomic mass is 16.5. The number of Topliss-reactive ketones (excluding diaryl/α,β-unsaturated/α-hetero) is 1. The Morgan fingerprint density at radius 1 is 0.622 bits per heavy atom. The fourth-order valence-electron chi connectivity index (χ4n) is 5.31. The maximum absolute atomic E-state index is 13.0. The van der Waals surface area contributed by atoms with Gasteiger partial charge in [-0.3, -0.25) is 4.79 Å². The van der Waals surface area contributed by atoms with E-state index in [1.807, 2.05) is 24.3 Å². The lowest BCUT2D eigenvalue weighted by molar-refractivity contribution is 0.0991. The molecule has 0 spiro atoms. The van der Waals surface area contributed by atoms with E-state index in [0.717, 1.165) is 85.9 Å². The van der Waals surface area contributed by atoms with Gasteiger partial charge in [-0.05, 0) is 112 Å². The zero-order valence-electron chi connectivity index (χ0n) is 23.7. The number of fused-ring (bicyclic) bond motifs is 3. The summed E-state index contributed by atoms with van der Waals surface area (Å²) in [6.07, 6.45) is 7.15. The quantitative estimate of drug-likeness (QED) is 0.205. The summed E-state index contributed by atoms with van der Waals surface area (Å²) < 4.78 is 12.1. The molecular weight excluding hydrogens is 460 g/mol. The van der Waals surface area contributed by atoms with Gasteiger partial charge in [-0.15, -0.1) is 0 Å². The van der Waals surface area contributed by atoms with E-state index in [2.05, 4.69) is 49.6 Å². The Hall–Kier alpha value is -2.37. The molecular formula is C32H48N2O3. The highest BCUT2D eigenvalue weighted by molar-refractivity contribution is 6.07. The number of hydrogen-bond acceptors (Lipinski definition) is 5. The van der Waals surface area contributed by atoms with Crippen LogP contribution in [0, 0.1) is 0 Å². The minimum absolute atomic E-state index is 0.150. The van der Waals surface area contributed by atoms with Gasteiger partial charge in [0.2, 0.25) is 0 Å². The molecule has 0 aromatic heterocycles. The van der Waals surface area contributed by atoms with Crippen molar-refractivity contribution in [3.8, 4) is 22.6 Å². The van der Waals surface area contributed by atoms with Crippen LogP contribution in [0.5, 0.6) is 11.5 Å². The fourth-order valence-corrected chi connectivity index (χ4v) is 5.31. The Labute approximate surface area is 225 Å².